The molecule has 0 atom stereocenters. The van der Waals surface area contributed by atoms with E-state index in [0.717, 1.165) is 11.1 Å². The normalized spacial score (nSPS) is 15.6. The highest BCUT2D eigenvalue weighted by Crippen LogP contribution is 2.13. The zero-order chi connectivity index (χ0) is 17.8. The van der Waals surface area contributed by atoms with Crippen molar-refractivity contribution >= 4 is 0 Å². The van der Waals surface area contributed by atoms with Gasteiger partial charge in [-0.15, -0.1) is 0 Å². The first-order valence-electron chi connectivity index (χ1n) is 8.44. The van der Waals surface area contributed by atoms with Crippen LogP contribution in [0.25, 0.3) is 0 Å². The molecule has 0 fully saturated rings. The summed E-state index contributed by atoms with van der Waals surface area (Å²) >= 11 is 0. The molecule has 0 saturated heterocycles. The lowest BCUT2D eigenvalue weighted by molar-refractivity contribution is 0.0633. The zero-order valence-electron chi connectivity index (χ0n) is 15.1. The molecule has 0 spiro atoms. The first-order valence-corrected chi connectivity index (χ1v) is 6.44. The second-order valence-corrected chi connectivity index (χ2v) is 4.54. The van der Waals surface area contributed by atoms with E-state index in [1.165, 1.54) is 4.90 Å². The Morgan fingerprint density at radius 1 is 0.800 bits per heavy atom. The predicted octanol–water partition coefficient (Wildman–Crippen LogP) is 2.04. The number of aliphatic hydroxyl groups is 2. The van der Waals surface area contributed by atoms with E-state index in [4.69, 9.17) is 5.48 Å². The maximum Gasteiger partial charge on any atom is 0.0609 e. The number of rotatable bonds is 7. The van der Waals surface area contributed by atoms with Gasteiger partial charge in [0.05, 0.1) is 24.6 Å². The summed E-state index contributed by atoms with van der Waals surface area (Å²) in [4.78, 5) is 1.41. The van der Waals surface area contributed by atoms with Crippen LogP contribution in [0.4, 0.5) is 0 Å². The molecule has 2 aromatic carbocycles. The highest BCUT2D eigenvalue weighted by Gasteiger charge is 2.17. The maximum absolute atomic E-state index is 9.83. The standard InChI is InChI=1S/C17H21NO2/c19-13-17(14-20)18(11-15-7-3-1-4-8-15)12-16-9-5-2-6-10-16/h1-10,17,19-20H,11-14H2/i13D2,14D2. The second-order valence-electron chi connectivity index (χ2n) is 4.54. The number of benzene rings is 2. The van der Waals surface area contributed by atoms with Crippen LogP contribution in [0.15, 0.2) is 60.7 Å². The van der Waals surface area contributed by atoms with Gasteiger partial charge in [0.15, 0.2) is 0 Å². The van der Waals surface area contributed by atoms with Crippen molar-refractivity contribution in [1.29, 1.82) is 0 Å². The Labute approximate surface area is 125 Å². The van der Waals surface area contributed by atoms with Crippen LogP contribution in [0.2, 0.25) is 0 Å². The van der Waals surface area contributed by atoms with Crippen LogP contribution in [0.5, 0.6) is 0 Å². The summed E-state index contributed by atoms with van der Waals surface area (Å²) in [6.45, 7) is -5.47. The van der Waals surface area contributed by atoms with Crippen molar-refractivity contribution in [2.75, 3.05) is 13.1 Å². The molecule has 3 heteroatoms. The van der Waals surface area contributed by atoms with Gasteiger partial charge in [0.1, 0.15) is 0 Å². The Morgan fingerprint density at radius 2 is 1.20 bits per heavy atom. The summed E-state index contributed by atoms with van der Waals surface area (Å²) in [5.41, 5.74) is 1.65. The van der Waals surface area contributed by atoms with Gasteiger partial charge in [0, 0.05) is 13.1 Å². The molecular formula is C17H21NO2. The van der Waals surface area contributed by atoms with Crippen molar-refractivity contribution in [2.24, 2.45) is 0 Å². The van der Waals surface area contributed by atoms with Crippen LogP contribution in [0, 0.1) is 0 Å². The third-order valence-corrected chi connectivity index (χ3v) is 3.07. The molecule has 0 radical (unpaired) electrons. The quantitative estimate of drug-likeness (QED) is 0.813. The van der Waals surface area contributed by atoms with Crippen molar-refractivity contribution in [3.63, 3.8) is 0 Å². The van der Waals surface area contributed by atoms with E-state index in [9.17, 15) is 10.2 Å². The molecule has 0 aliphatic carbocycles. The molecule has 2 aromatic rings. The van der Waals surface area contributed by atoms with Crippen LogP contribution >= 0.6 is 0 Å². The van der Waals surface area contributed by atoms with E-state index < -0.39 is 19.2 Å². The van der Waals surface area contributed by atoms with Gasteiger partial charge < -0.3 is 10.2 Å². The van der Waals surface area contributed by atoms with Crippen molar-refractivity contribution in [3.8, 4) is 0 Å². The number of nitrogens with zero attached hydrogens (tertiary/aromatic N) is 1. The Hall–Kier alpha value is -1.68. The number of hydrogen-bond acceptors (Lipinski definition) is 3. The SMILES string of the molecule is [2H]C([2H])(O)C(N(Cc1ccccc1)Cc1ccccc1)C([2H])([2H])O. The average molecular weight is 275 g/mol. The lowest BCUT2D eigenvalue weighted by Gasteiger charge is -2.29. The van der Waals surface area contributed by atoms with Crippen molar-refractivity contribution < 1.29 is 15.7 Å². The predicted molar refractivity (Wildman–Crippen MR) is 80.1 cm³/mol. The van der Waals surface area contributed by atoms with Crippen molar-refractivity contribution in [2.45, 2.75) is 19.1 Å². The molecule has 0 unspecified atom stereocenters. The van der Waals surface area contributed by atoms with Gasteiger partial charge in [-0.05, 0) is 11.1 Å². The highest BCUT2D eigenvalue weighted by molar-refractivity contribution is 5.17. The van der Waals surface area contributed by atoms with Gasteiger partial charge in [-0.25, -0.2) is 0 Å². The average Bonchev–Trinajstić information content (AvgIpc) is 2.46. The molecule has 106 valence electrons. The molecule has 0 aliphatic heterocycles. The fourth-order valence-corrected chi connectivity index (χ4v) is 2.07. The molecule has 0 bridgehead atoms. The molecule has 0 heterocycles. The molecule has 20 heavy (non-hydrogen) atoms. The summed E-state index contributed by atoms with van der Waals surface area (Å²) in [5, 5.41) is 19.7. The van der Waals surface area contributed by atoms with E-state index in [2.05, 4.69) is 0 Å². The maximum atomic E-state index is 9.83. The van der Waals surface area contributed by atoms with Crippen molar-refractivity contribution in [1.82, 2.24) is 4.90 Å². The molecule has 0 amide bonds. The van der Waals surface area contributed by atoms with Crippen LogP contribution in [0.3, 0.4) is 0 Å². The third-order valence-electron chi connectivity index (χ3n) is 3.07. The van der Waals surface area contributed by atoms with Crippen LogP contribution in [0.1, 0.15) is 16.6 Å². The Bertz CT molecular complexity index is 571. The van der Waals surface area contributed by atoms with Crippen LogP contribution in [-0.4, -0.2) is 34.3 Å². The second kappa shape index (κ2) is 7.80. The molecule has 3 nitrogen and oxygen atoms in total. The molecule has 2 N–H and O–H groups in total. The van der Waals surface area contributed by atoms with Gasteiger partial charge in [-0.1, -0.05) is 60.7 Å². The summed E-state index contributed by atoms with van der Waals surface area (Å²) in [6.07, 6.45) is 0. The summed E-state index contributed by atoms with van der Waals surface area (Å²) < 4.78 is 30.3. The first-order chi connectivity index (χ1) is 11.2. The molecule has 0 saturated carbocycles. The van der Waals surface area contributed by atoms with Gasteiger partial charge in [0.2, 0.25) is 0 Å². The van der Waals surface area contributed by atoms with Crippen molar-refractivity contribution in [3.05, 3.63) is 71.8 Å². The minimum absolute atomic E-state index is 0.181. The smallest absolute Gasteiger partial charge is 0.0609 e. The summed E-state index contributed by atoms with van der Waals surface area (Å²) in [7, 11) is 0. The lowest BCUT2D eigenvalue weighted by Crippen LogP contribution is -2.39. The first kappa shape index (κ1) is 10.1. The summed E-state index contributed by atoms with van der Waals surface area (Å²) in [6, 6.07) is 16.6. The lowest BCUT2D eigenvalue weighted by atomic mass is 10.1. The fraction of sp³-hybridized carbons (Fsp3) is 0.294. The topological polar surface area (TPSA) is 43.7 Å². The Morgan fingerprint density at radius 3 is 1.55 bits per heavy atom. The van der Waals surface area contributed by atoms with E-state index in [-0.39, 0.29) is 13.1 Å². The molecule has 2 rings (SSSR count). The van der Waals surface area contributed by atoms with Crippen LogP contribution in [-0.2, 0) is 13.1 Å². The fourth-order valence-electron chi connectivity index (χ4n) is 2.07. The van der Waals surface area contributed by atoms with Gasteiger partial charge in [-0.2, -0.15) is 0 Å². The van der Waals surface area contributed by atoms with Crippen LogP contribution < -0.4 is 0 Å². The monoisotopic (exact) mass is 275 g/mol. The zero-order valence-corrected chi connectivity index (χ0v) is 11.1. The summed E-state index contributed by atoms with van der Waals surface area (Å²) in [5.74, 6) is 0. The minimum Gasteiger partial charge on any atom is -0.395 e. The molecule has 0 aliphatic rings. The third kappa shape index (κ3) is 4.17. The molecule has 0 aromatic heterocycles. The number of hydrogen-bond donors (Lipinski definition) is 2. The van der Waals surface area contributed by atoms with E-state index in [1.807, 2.05) is 60.7 Å². The minimum atomic E-state index is -2.91. The largest absolute Gasteiger partial charge is 0.395 e. The Kier molecular flexibility index (Phi) is 3.94. The van der Waals surface area contributed by atoms with E-state index in [1.54, 1.807) is 0 Å². The molecular weight excluding hydrogens is 250 g/mol. The van der Waals surface area contributed by atoms with E-state index >= 15 is 0 Å². The van der Waals surface area contributed by atoms with Gasteiger partial charge >= 0.3 is 0 Å². The highest BCUT2D eigenvalue weighted by atomic mass is 16.3. The Balaban J connectivity index is 2.36. The van der Waals surface area contributed by atoms with Gasteiger partial charge in [0.25, 0.3) is 0 Å². The van der Waals surface area contributed by atoms with E-state index in [0.29, 0.717) is 0 Å². The van der Waals surface area contributed by atoms with Gasteiger partial charge in [-0.3, -0.25) is 4.90 Å².